The molecule has 1 aromatic heterocycles. The monoisotopic (exact) mass is 750 g/mol. The molecule has 0 unspecified atom stereocenters. The number of carbonyl (C=O) groups is 2. The summed E-state index contributed by atoms with van der Waals surface area (Å²) in [6.07, 6.45) is -20.7. The van der Waals surface area contributed by atoms with Crippen LogP contribution in [0.5, 0.6) is 0 Å². The highest BCUT2D eigenvalue weighted by Crippen LogP contribution is 2.46. The molecule has 5 aromatic carbocycles. The van der Waals surface area contributed by atoms with Crippen molar-refractivity contribution in [2.24, 2.45) is 0 Å². The summed E-state index contributed by atoms with van der Waals surface area (Å²) in [7, 11) is 1.24. The predicted octanol–water partition coefficient (Wildman–Crippen LogP) is 11.4. The van der Waals surface area contributed by atoms with E-state index in [0.29, 0.717) is 24.3 Å². The summed E-state index contributed by atoms with van der Waals surface area (Å²) in [4.78, 5) is 26.9. The molecule has 0 spiro atoms. The number of benzene rings is 5. The molecule has 0 saturated heterocycles. The summed E-state index contributed by atoms with van der Waals surface area (Å²) in [6.45, 7) is 0. The van der Waals surface area contributed by atoms with Gasteiger partial charge in [-0.3, -0.25) is 14.5 Å². The van der Waals surface area contributed by atoms with Gasteiger partial charge < -0.3 is 4.57 Å². The Morgan fingerprint density at radius 2 is 0.925 bits per heavy atom. The van der Waals surface area contributed by atoms with Gasteiger partial charge >= 0.3 is 24.7 Å². The van der Waals surface area contributed by atoms with Crippen molar-refractivity contribution in [1.29, 1.82) is 0 Å². The van der Waals surface area contributed by atoms with Gasteiger partial charge in [0.1, 0.15) is 0 Å². The Hall–Kier alpha value is -5.80. The lowest BCUT2D eigenvalue weighted by Crippen LogP contribution is -2.24. The van der Waals surface area contributed by atoms with Crippen LogP contribution in [-0.2, 0) is 24.7 Å². The van der Waals surface area contributed by atoms with Crippen LogP contribution in [0.3, 0.4) is 0 Å². The van der Waals surface area contributed by atoms with Crippen molar-refractivity contribution in [1.82, 2.24) is 9.47 Å². The van der Waals surface area contributed by atoms with Gasteiger partial charge in [0, 0.05) is 17.8 Å². The molecule has 2 heterocycles. The molecule has 0 saturated carbocycles. The number of fused-ring (bicyclic) bond motifs is 4. The quantitative estimate of drug-likeness (QED) is 0.134. The fourth-order valence-electron chi connectivity index (χ4n) is 6.60. The number of hydrogen-bond donors (Lipinski definition) is 0. The number of carbonyl (C=O) groups excluding carboxylic acids is 2. The Morgan fingerprint density at radius 3 is 1.34 bits per heavy atom. The van der Waals surface area contributed by atoms with Crippen LogP contribution in [0.25, 0.3) is 49.7 Å². The smallest absolute Gasteiger partial charge is 0.308 e. The zero-order valence-electron chi connectivity index (χ0n) is 26.4. The maximum Gasteiger partial charge on any atom is 0.417 e. The number of imide groups is 1. The molecule has 1 aliphatic heterocycles. The number of hydrogen-bond acceptors (Lipinski definition) is 2. The van der Waals surface area contributed by atoms with E-state index in [0.717, 1.165) is 4.90 Å². The van der Waals surface area contributed by atoms with Crippen molar-refractivity contribution in [3.63, 3.8) is 0 Å². The number of alkyl halides is 12. The number of nitrogens with zero attached hydrogens (tertiary/aromatic N) is 2. The lowest BCUT2D eigenvalue weighted by Gasteiger charge is -2.16. The first kappa shape index (κ1) is 35.6. The normalized spacial score (nSPS) is 14.2. The first-order chi connectivity index (χ1) is 24.6. The summed E-state index contributed by atoms with van der Waals surface area (Å²) in [6, 6.07) is 13.7. The molecule has 16 heteroatoms. The maximum atomic E-state index is 14.2. The second-order valence-corrected chi connectivity index (χ2v) is 12.2. The van der Waals surface area contributed by atoms with Gasteiger partial charge in [0.05, 0.1) is 50.1 Å². The van der Waals surface area contributed by atoms with Crippen LogP contribution in [0.1, 0.15) is 43.0 Å². The number of halogens is 12. The Labute approximate surface area is 289 Å². The van der Waals surface area contributed by atoms with Crippen molar-refractivity contribution in [3.8, 4) is 27.9 Å². The first-order valence-electron chi connectivity index (χ1n) is 15.2. The van der Waals surface area contributed by atoms with Gasteiger partial charge in [-0.1, -0.05) is 30.3 Å². The third-order valence-electron chi connectivity index (χ3n) is 9.03. The molecule has 53 heavy (non-hydrogen) atoms. The van der Waals surface area contributed by atoms with Crippen molar-refractivity contribution in [2.45, 2.75) is 24.7 Å². The van der Waals surface area contributed by atoms with Gasteiger partial charge in [-0.2, -0.15) is 52.7 Å². The lowest BCUT2D eigenvalue weighted by atomic mass is 9.94. The Bertz CT molecular complexity index is 2390. The van der Waals surface area contributed by atoms with Crippen LogP contribution >= 0.6 is 0 Å². The van der Waals surface area contributed by atoms with Gasteiger partial charge in [0.2, 0.25) is 0 Å². The van der Waals surface area contributed by atoms with Gasteiger partial charge in [0.15, 0.2) is 0 Å². The molecular weight excluding hydrogens is 732 g/mol. The summed E-state index contributed by atoms with van der Waals surface area (Å²) in [5.41, 5.74) is -7.77. The summed E-state index contributed by atoms with van der Waals surface area (Å²) in [5, 5.41) is 0.103. The van der Waals surface area contributed by atoms with Crippen LogP contribution in [0.4, 0.5) is 52.7 Å². The molecule has 2 amide bonds. The van der Waals surface area contributed by atoms with Crippen LogP contribution in [-0.4, -0.2) is 28.3 Å². The zero-order chi connectivity index (χ0) is 38.6. The molecule has 7 rings (SSSR count). The molecule has 0 aliphatic carbocycles. The Balaban J connectivity index is 1.55. The van der Waals surface area contributed by atoms with E-state index in [-0.39, 0.29) is 61.9 Å². The average Bonchev–Trinajstić information content (AvgIpc) is 3.52. The van der Waals surface area contributed by atoms with E-state index < -0.39 is 69.9 Å². The molecular formula is C37H18F12N2O2. The van der Waals surface area contributed by atoms with Crippen LogP contribution in [0.15, 0.2) is 91.0 Å². The molecule has 272 valence electrons. The fraction of sp³-hybridized carbons (Fsp3) is 0.135. The minimum absolute atomic E-state index is 0.0115. The minimum Gasteiger partial charge on any atom is -0.308 e. The van der Waals surface area contributed by atoms with E-state index in [4.69, 9.17) is 0 Å². The van der Waals surface area contributed by atoms with E-state index in [2.05, 4.69) is 0 Å². The summed E-state index contributed by atoms with van der Waals surface area (Å²) in [5.74, 6) is -1.34. The lowest BCUT2D eigenvalue weighted by molar-refractivity contribution is -0.144. The fourth-order valence-corrected chi connectivity index (χ4v) is 6.60. The topological polar surface area (TPSA) is 42.3 Å². The summed E-state index contributed by atoms with van der Waals surface area (Å²) >= 11 is 0. The van der Waals surface area contributed by atoms with E-state index in [9.17, 15) is 62.3 Å². The molecule has 0 fully saturated rings. The highest BCUT2D eigenvalue weighted by atomic mass is 19.4. The molecule has 0 radical (unpaired) electrons. The first-order valence-corrected chi connectivity index (χ1v) is 15.2. The molecule has 0 atom stereocenters. The highest BCUT2D eigenvalue weighted by molar-refractivity contribution is 6.23. The Kier molecular flexibility index (Phi) is 7.79. The van der Waals surface area contributed by atoms with E-state index in [1.165, 1.54) is 66.2 Å². The molecule has 6 aromatic rings. The standard InChI is InChI=1S/C37H18F12N2O2/c1-50-32(52)23-3-2-4-30(31(23)33(50)53)51-28-11-5-17(21-9-7-19(34(38,39)40)15-26(21)36(44,45)46)13-24(28)25-14-18(6-12-29(25)51)22-10-8-20(35(41,42)43)16-27(22)37(47,48)49/h2-16H,1H3. The third kappa shape index (κ3) is 5.85. The largest absolute Gasteiger partial charge is 0.417 e. The third-order valence-corrected chi connectivity index (χ3v) is 9.03. The van der Waals surface area contributed by atoms with Crippen molar-refractivity contribution < 1.29 is 62.3 Å². The van der Waals surface area contributed by atoms with Crippen LogP contribution in [0.2, 0.25) is 0 Å². The van der Waals surface area contributed by atoms with Gasteiger partial charge in [-0.15, -0.1) is 0 Å². The SMILES string of the molecule is CN1C(=O)c2cccc(-n3c4ccc(-c5ccc(C(F)(F)F)cc5C(F)(F)F)cc4c4cc(-c5ccc(C(F)(F)F)cc5C(F)(F)F)ccc43)c2C1=O. The zero-order valence-corrected chi connectivity index (χ0v) is 26.4. The van der Waals surface area contributed by atoms with Crippen molar-refractivity contribution in [3.05, 3.63) is 124 Å². The van der Waals surface area contributed by atoms with Crippen molar-refractivity contribution in [2.75, 3.05) is 7.05 Å². The number of rotatable bonds is 3. The average molecular weight is 751 g/mol. The maximum absolute atomic E-state index is 14.2. The van der Waals surface area contributed by atoms with Crippen molar-refractivity contribution >= 4 is 33.6 Å². The molecule has 1 aliphatic rings. The van der Waals surface area contributed by atoms with Crippen LogP contribution in [0, 0.1) is 0 Å². The van der Waals surface area contributed by atoms with E-state index in [1.807, 2.05) is 0 Å². The predicted molar refractivity (Wildman–Crippen MR) is 168 cm³/mol. The molecule has 4 nitrogen and oxygen atoms in total. The minimum atomic E-state index is -5.26. The second-order valence-electron chi connectivity index (χ2n) is 12.2. The number of amides is 2. The van der Waals surface area contributed by atoms with Crippen LogP contribution < -0.4 is 0 Å². The van der Waals surface area contributed by atoms with E-state index >= 15 is 0 Å². The van der Waals surface area contributed by atoms with E-state index in [1.54, 1.807) is 0 Å². The molecule has 0 bridgehead atoms. The Morgan fingerprint density at radius 1 is 0.472 bits per heavy atom. The van der Waals surface area contributed by atoms with Gasteiger partial charge in [-0.05, 0) is 82.9 Å². The number of aromatic nitrogens is 1. The van der Waals surface area contributed by atoms with Gasteiger partial charge in [-0.25, -0.2) is 0 Å². The van der Waals surface area contributed by atoms with Gasteiger partial charge in [0.25, 0.3) is 11.8 Å². The summed E-state index contributed by atoms with van der Waals surface area (Å²) < 4.78 is 167. The highest BCUT2D eigenvalue weighted by Gasteiger charge is 2.41. The second kappa shape index (κ2) is 11.6. The molecule has 0 N–H and O–H groups in total.